The Morgan fingerprint density at radius 3 is 2.21 bits per heavy atom. The van der Waals surface area contributed by atoms with Crippen molar-refractivity contribution < 1.29 is 9.53 Å². The normalized spacial score (nSPS) is 14.3. The van der Waals surface area contributed by atoms with Gasteiger partial charge in [0.25, 0.3) is 0 Å². The van der Waals surface area contributed by atoms with E-state index in [0.29, 0.717) is 12.3 Å². The predicted molar refractivity (Wildman–Crippen MR) is 146 cm³/mol. The van der Waals surface area contributed by atoms with Crippen molar-refractivity contribution >= 4 is 28.7 Å². The molecule has 0 atom stereocenters. The Balaban J connectivity index is 3.98. The molecule has 0 saturated carbocycles. The van der Waals surface area contributed by atoms with Crippen molar-refractivity contribution in [1.29, 1.82) is 0 Å². The smallest absolute Gasteiger partial charge is 0.334 e. The van der Waals surface area contributed by atoms with Gasteiger partial charge in [-0.2, -0.15) is 0 Å². The number of benzene rings is 1. The van der Waals surface area contributed by atoms with Crippen molar-refractivity contribution in [3.8, 4) is 0 Å². The molecule has 0 amide bonds. The lowest BCUT2D eigenvalue weighted by Crippen LogP contribution is -2.25. The third-order valence-electron chi connectivity index (χ3n) is 6.22. The van der Waals surface area contributed by atoms with E-state index in [1.165, 1.54) is 16.7 Å². The summed E-state index contributed by atoms with van der Waals surface area (Å²) in [5.41, 5.74) is 8.36. The van der Waals surface area contributed by atoms with Gasteiger partial charge in [-0.1, -0.05) is 63.4 Å². The van der Waals surface area contributed by atoms with E-state index in [2.05, 4.69) is 60.6 Å². The molecule has 0 aliphatic rings. The molecule has 0 radical (unpaired) electrons. The minimum Gasteiger partial charge on any atom is -0.457 e. The Morgan fingerprint density at radius 2 is 1.76 bits per heavy atom. The van der Waals surface area contributed by atoms with E-state index >= 15 is 0 Å². The van der Waals surface area contributed by atoms with Crippen LogP contribution in [0.5, 0.6) is 0 Å². The Kier molecular flexibility index (Phi) is 11.2. The maximum absolute atomic E-state index is 13.2. The highest BCUT2D eigenvalue weighted by Crippen LogP contribution is 2.41. The van der Waals surface area contributed by atoms with Crippen LogP contribution in [0.2, 0.25) is 5.02 Å². The highest BCUT2D eigenvalue weighted by atomic mass is 35.5. The average Bonchev–Trinajstić information content (AvgIpc) is 2.72. The van der Waals surface area contributed by atoms with Gasteiger partial charge in [0.2, 0.25) is 0 Å². The SMILES string of the molecule is C/C=C(C)\C(=C(\C)C(C)C)c1c(Cl)ccc(/C(CCCC)=C(\CC)C(=O)OC(C)(C)C)c1C. The lowest BCUT2D eigenvalue weighted by molar-refractivity contribution is -0.149. The summed E-state index contributed by atoms with van der Waals surface area (Å²) in [5, 5.41) is 0.748. The second-order valence-corrected chi connectivity index (χ2v) is 10.6. The monoisotopic (exact) mass is 472 g/mol. The first kappa shape index (κ1) is 29.2. The number of esters is 1. The second kappa shape index (κ2) is 12.6. The van der Waals surface area contributed by atoms with Crippen molar-refractivity contribution in [1.82, 2.24) is 0 Å². The van der Waals surface area contributed by atoms with Gasteiger partial charge in [-0.15, -0.1) is 0 Å². The number of hydrogen-bond donors (Lipinski definition) is 0. The molecule has 0 saturated heterocycles. The first-order chi connectivity index (χ1) is 15.3. The number of carbonyl (C=O) groups is 1. The molecule has 33 heavy (non-hydrogen) atoms. The predicted octanol–water partition coefficient (Wildman–Crippen LogP) is 9.74. The van der Waals surface area contributed by atoms with Crippen LogP contribution in [0, 0.1) is 12.8 Å². The molecule has 0 fully saturated rings. The van der Waals surface area contributed by atoms with Crippen LogP contribution in [0.4, 0.5) is 0 Å². The minimum absolute atomic E-state index is 0.217. The molecule has 1 aromatic rings. The fraction of sp³-hybridized carbons (Fsp3) is 0.567. The number of hydrogen-bond acceptors (Lipinski definition) is 2. The molecule has 0 heterocycles. The van der Waals surface area contributed by atoms with Crippen LogP contribution in [0.3, 0.4) is 0 Å². The molecule has 184 valence electrons. The lowest BCUT2D eigenvalue weighted by Gasteiger charge is -2.25. The molecule has 0 bridgehead atoms. The van der Waals surface area contributed by atoms with Crippen LogP contribution < -0.4 is 0 Å². The fourth-order valence-corrected chi connectivity index (χ4v) is 4.37. The maximum atomic E-state index is 13.2. The standard InChI is InChI=1S/C30H45ClO2/c1-12-15-16-25(23(14-3)29(32)33-30(9,10)11)24-17-18-26(31)28(22(24)8)27(20(6)13-2)21(7)19(4)5/h13,17-19H,12,14-16H2,1-11H3/b20-13-,25-23+,27-21+. The molecule has 0 aromatic heterocycles. The molecule has 0 aliphatic heterocycles. The fourth-order valence-electron chi connectivity index (χ4n) is 4.07. The molecule has 0 unspecified atom stereocenters. The van der Waals surface area contributed by atoms with Gasteiger partial charge < -0.3 is 4.74 Å². The van der Waals surface area contributed by atoms with Crippen LogP contribution in [-0.2, 0) is 9.53 Å². The van der Waals surface area contributed by atoms with Gasteiger partial charge in [0.1, 0.15) is 5.60 Å². The Morgan fingerprint density at radius 1 is 1.15 bits per heavy atom. The van der Waals surface area contributed by atoms with E-state index < -0.39 is 5.60 Å². The van der Waals surface area contributed by atoms with Crippen molar-refractivity contribution in [2.45, 2.75) is 107 Å². The van der Waals surface area contributed by atoms with Gasteiger partial charge in [0.05, 0.1) is 0 Å². The molecule has 1 aromatic carbocycles. The number of ether oxygens (including phenoxy) is 1. The van der Waals surface area contributed by atoms with Gasteiger partial charge in [0, 0.05) is 16.2 Å². The summed E-state index contributed by atoms with van der Waals surface area (Å²) >= 11 is 6.85. The van der Waals surface area contributed by atoms with E-state index in [1.54, 1.807) is 0 Å². The third kappa shape index (κ3) is 7.60. The van der Waals surface area contributed by atoms with E-state index in [1.807, 2.05) is 33.8 Å². The highest BCUT2D eigenvalue weighted by Gasteiger charge is 2.25. The number of allylic oxidation sites excluding steroid dienone is 5. The van der Waals surface area contributed by atoms with Crippen LogP contribution in [-0.4, -0.2) is 11.6 Å². The summed E-state index contributed by atoms with van der Waals surface area (Å²) in [6.45, 7) is 23.0. The summed E-state index contributed by atoms with van der Waals surface area (Å²) in [4.78, 5) is 13.2. The van der Waals surface area contributed by atoms with Gasteiger partial charge in [0.15, 0.2) is 0 Å². The summed E-state index contributed by atoms with van der Waals surface area (Å²) in [6, 6.07) is 4.07. The molecule has 2 nitrogen and oxygen atoms in total. The molecule has 0 N–H and O–H groups in total. The van der Waals surface area contributed by atoms with Crippen molar-refractivity contribution in [3.05, 3.63) is 56.6 Å². The zero-order valence-corrected chi connectivity index (χ0v) is 23.6. The molecular weight excluding hydrogens is 428 g/mol. The number of carbonyl (C=O) groups excluding carboxylic acids is 1. The Labute approximate surface area is 208 Å². The summed E-state index contributed by atoms with van der Waals surface area (Å²) in [6.07, 6.45) is 5.69. The van der Waals surface area contributed by atoms with Crippen LogP contribution in [0.25, 0.3) is 11.1 Å². The third-order valence-corrected chi connectivity index (χ3v) is 6.54. The van der Waals surface area contributed by atoms with Crippen LogP contribution in [0.1, 0.15) is 112 Å². The van der Waals surface area contributed by atoms with Gasteiger partial charge in [-0.25, -0.2) is 4.79 Å². The topological polar surface area (TPSA) is 26.3 Å². The highest BCUT2D eigenvalue weighted by molar-refractivity contribution is 6.33. The van der Waals surface area contributed by atoms with Crippen LogP contribution >= 0.6 is 11.6 Å². The molecule has 1 rings (SSSR count). The van der Waals surface area contributed by atoms with Gasteiger partial charge in [-0.05, 0) is 108 Å². The quantitative estimate of drug-likeness (QED) is 0.203. The zero-order chi connectivity index (χ0) is 25.5. The molecule has 3 heteroatoms. The first-order valence-corrected chi connectivity index (χ1v) is 12.8. The Hall–Kier alpha value is -1.80. The second-order valence-electron chi connectivity index (χ2n) is 10.2. The number of unbranched alkanes of at least 4 members (excludes halogenated alkanes) is 1. The summed E-state index contributed by atoms with van der Waals surface area (Å²) in [5.74, 6) is 0.183. The van der Waals surface area contributed by atoms with Gasteiger partial charge >= 0.3 is 5.97 Å². The van der Waals surface area contributed by atoms with Crippen molar-refractivity contribution in [3.63, 3.8) is 0 Å². The van der Waals surface area contributed by atoms with E-state index in [0.717, 1.165) is 52.1 Å². The van der Waals surface area contributed by atoms with Crippen molar-refractivity contribution in [2.24, 2.45) is 5.92 Å². The molecular formula is C30H45ClO2. The van der Waals surface area contributed by atoms with Gasteiger partial charge in [-0.3, -0.25) is 0 Å². The lowest BCUT2D eigenvalue weighted by atomic mass is 9.83. The number of rotatable bonds is 9. The largest absolute Gasteiger partial charge is 0.457 e. The molecule has 0 spiro atoms. The summed E-state index contributed by atoms with van der Waals surface area (Å²) in [7, 11) is 0. The van der Waals surface area contributed by atoms with E-state index in [4.69, 9.17) is 16.3 Å². The molecule has 0 aliphatic carbocycles. The van der Waals surface area contributed by atoms with E-state index in [-0.39, 0.29) is 5.97 Å². The Bertz CT molecular complexity index is 937. The summed E-state index contributed by atoms with van der Waals surface area (Å²) < 4.78 is 5.80. The van der Waals surface area contributed by atoms with Crippen LogP contribution in [0.15, 0.2) is 34.9 Å². The van der Waals surface area contributed by atoms with E-state index in [9.17, 15) is 4.79 Å². The number of halogens is 1. The average molecular weight is 473 g/mol. The van der Waals surface area contributed by atoms with Crippen molar-refractivity contribution in [2.75, 3.05) is 0 Å². The zero-order valence-electron chi connectivity index (χ0n) is 22.8. The maximum Gasteiger partial charge on any atom is 0.334 e. The minimum atomic E-state index is -0.527. The first-order valence-electron chi connectivity index (χ1n) is 12.4.